The molecule has 0 saturated carbocycles. The van der Waals surface area contributed by atoms with Crippen LogP contribution >= 0.6 is 0 Å². The molecule has 4 N–H and O–H groups in total. The number of hydrogen-bond acceptors (Lipinski definition) is 6. The van der Waals surface area contributed by atoms with E-state index < -0.39 is 22.9 Å². The minimum Gasteiger partial charge on any atom is -0.719 e. The van der Waals surface area contributed by atoms with Crippen LogP contribution in [0.25, 0.3) is 0 Å². The molecule has 2 unspecified atom stereocenters. The molecule has 0 rings (SSSR count). The molecule has 0 aliphatic rings. The first kappa shape index (κ1) is 20.7. The van der Waals surface area contributed by atoms with Crippen molar-refractivity contribution < 1.29 is 49.4 Å². The molecule has 2 amide bonds. The molecule has 0 aromatic carbocycles. The molecule has 0 radical (unpaired) electrons. The Morgan fingerprint density at radius 2 is 1.40 bits per heavy atom. The first-order valence-electron chi connectivity index (χ1n) is 3.52. The van der Waals surface area contributed by atoms with E-state index >= 15 is 0 Å². The van der Waals surface area contributed by atoms with Crippen molar-refractivity contribution in [2.24, 2.45) is 5.73 Å². The number of rotatable bonds is 2. The fraction of sp³-hybridized carbons (Fsp3) is 0.667. The van der Waals surface area contributed by atoms with E-state index in [1.807, 2.05) is 0 Å². The third kappa shape index (κ3) is 14.3. The maximum Gasteiger partial charge on any atom is 1.00 e. The topological polar surface area (TPSA) is 104 Å². The van der Waals surface area contributed by atoms with Crippen LogP contribution in [0, 0.1) is 0 Å². The molecule has 0 bridgehead atoms. The van der Waals surface area contributed by atoms with Gasteiger partial charge >= 0.3 is 29.6 Å². The van der Waals surface area contributed by atoms with Gasteiger partial charge in [0.05, 0.1) is 5.24 Å². The van der Waals surface area contributed by atoms with Crippen LogP contribution in [0.2, 0.25) is 0 Å². The summed E-state index contributed by atoms with van der Waals surface area (Å²) in [6.07, 6.45) is -2.07. The van der Waals surface area contributed by atoms with Gasteiger partial charge in [0.2, 0.25) is 0 Å². The molecule has 0 fully saturated rings. The Labute approximate surface area is 121 Å². The number of amides is 2. The van der Waals surface area contributed by atoms with Gasteiger partial charge in [-0.15, -0.1) is 0 Å². The van der Waals surface area contributed by atoms with Crippen molar-refractivity contribution in [3.63, 3.8) is 0 Å². The van der Waals surface area contributed by atoms with E-state index in [0.717, 1.165) is 4.90 Å². The number of carbonyl (C=O) groups is 2. The second-order valence-electron chi connectivity index (χ2n) is 2.26. The summed E-state index contributed by atoms with van der Waals surface area (Å²) >= 11 is 7.98. The molecule has 0 aliphatic heterocycles. The molecule has 6 nitrogen and oxygen atoms in total. The van der Waals surface area contributed by atoms with E-state index in [0.29, 0.717) is 0 Å². The fourth-order valence-electron chi connectivity index (χ4n) is 0.617. The quantitative estimate of drug-likeness (QED) is 0.269. The van der Waals surface area contributed by atoms with E-state index in [4.69, 9.17) is 15.0 Å². The summed E-state index contributed by atoms with van der Waals surface area (Å²) in [7, 11) is 0. The van der Waals surface area contributed by atoms with Crippen LogP contribution in [0.15, 0.2) is 0 Å². The third-order valence-corrected chi connectivity index (χ3v) is 1.23. The summed E-state index contributed by atoms with van der Waals surface area (Å²) in [5.41, 5.74) is 4.29. The SMILES string of the molecule is CC(O)N(C(=O)[S-])C(C)O.NC(=O)[S-].[Na+]. The number of carbonyl (C=O) groups excluding carboxylic acids is 2. The zero-order valence-electron chi connectivity index (χ0n) is 8.71. The van der Waals surface area contributed by atoms with Crippen molar-refractivity contribution in [1.82, 2.24) is 4.90 Å². The molecule has 0 aromatic rings. The van der Waals surface area contributed by atoms with Gasteiger partial charge in [0.15, 0.2) is 0 Å². The maximum atomic E-state index is 10.4. The van der Waals surface area contributed by atoms with E-state index in [9.17, 15) is 4.79 Å². The van der Waals surface area contributed by atoms with E-state index in [2.05, 4.69) is 31.0 Å². The van der Waals surface area contributed by atoms with Crippen molar-refractivity contribution >= 4 is 35.7 Å². The summed E-state index contributed by atoms with van der Waals surface area (Å²) in [5.74, 6) is 0. The fourth-order valence-corrected chi connectivity index (χ4v) is 0.922. The zero-order chi connectivity index (χ0) is 11.9. The van der Waals surface area contributed by atoms with Gasteiger partial charge in [0.1, 0.15) is 17.7 Å². The smallest absolute Gasteiger partial charge is 0.719 e. The minimum absolute atomic E-state index is 0. The van der Waals surface area contributed by atoms with Crippen molar-refractivity contribution in [1.29, 1.82) is 0 Å². The van der Waals surface area contributed by atoms with Crippen molar-refractivity contribution in [3.8, 4) is 0 Å². The first-order valence-corrected chi connectivity index (χ1v) is 4.33. The van der Waals surface area contributed by atoms with Crippen molar-refractivity contribution in [3.05, 3.63) is 0 Å². The number of aliphatic hydroxyl groups is 2. The van der Waals surface area contributed by atoms with Gasteiger partial charge in [0.25, 0.3) is 0 Å². The summed E-state index contributed by atoms with van der Waals surface area (Å²) < 4.78 is 0. The van der Waals surface area contributed by atoms with Gasteiger partial charge in [-0.05, 0) is 13.8 Å². The molecule has 0 aromatic heterocycles. The average molecular weight is 263 g/mol. The Balaban J connectivity index is -0.000000249. The predicted octanol–water partition coefficient (Wildman–Crippen LogP) is -3.75. The van der Waals surface area contributed by atoms with E-state index in [1.165, 1.54) is 13.8 Å². The second-order valence-corrected chi connectivity index (χ2v) is 3.01. The Morgan fingerprint density at radius 1 is 1.20 bits per heavy atom. The molecule has 0 heterocycles. The number of primary amides is 1. The van der Waals surface area contributed by atoms with Gasteiger partial charge in [-0.3, -0.25) is 0 Å². The number of nitrogens with zero attached hydrogens (tertiary/aromatic N) is 1. The normalized spacial score (nSPS) is 12.3. The molecular formula is C6H12N2NaO4S2-. The summed E-state index contributed by atoms with van der Waals surface area (Å²) in [6, 6.07) is 0. The summed E-state index contributed by atoms with van der Waals surface area (Å²) in [4.78, 5) is 20.3. The molecule has 84 valence electrons. The van der Waals surface area contributed by atoms with Crippen LogP contribution in [0.1, 0.15) is 13.8 Å². The zero-order valence-corrected chi connectivity index (χ0v) is 12.3. The van der Waals surface area contributed by atoms with Gasteiger partial charge in [-0.1, -0.05) is 0 Å². The first-order chi connectivity index (χ1) is 6.20. The van der Waals surface area contributed by atoms with E-state index in [-0.39, 0.29) is 29.6 Å². The standard InChI is InChI=1S/C5H11NO3S.CH3NOS.Na/c1-3(7)6(4(2)8)5(9)10;2-1(3)4;/h3-4,7-8H,1-2H3,(H,9,10);(H3,2,3,4);/q;;+1/p-2. The number of hydrogen-bond donors (Lipinski definition) is 3. The Bertz CT molecular complexity index is 192. The Kier molecular flexibility index (Phi) is 14.9. The monoisotopic (exact) mass is 263 g/mol. The molecule has 9 heteroatoms. The molecule has 0 aliphatic carbocycles. The molecule has 0 saturated heterocycles. The second kappa shape index (κ2) is 10.8. The van der Waals surface area contributed by atoms with Gasteiger partial charge in [-0.2, -0.15) is 0 Å². The molecule has 0 spiro atoms. The van der Waals surface area contributed by atoms with Gasteiger partial charge in [0, 0.05) is 0 Å². The molecular weight excluding hydrogens is 251 g/mol. The molecule has 2 atom stereocenters. The van der Waals surface area contributed by atoms with Crippen molar-refractivity contribution in [2.75, 3.05) is 0 Å². The van der Waals surface area contributed by atoms with Gasteiger partial charge < -0.3 is 55.7 Å². The third-order valence-electron chi connectivity index (χ3n) is 1.02. The van der Waals surface area contributed by atoms with Crippen LogP contribution in [0.4, 0.5) is 9.59 Å². The number of aliphatic hydroxyl groups excluding tert-OH is 2. The predicted molar refractivity (Wildman–Crippen MR) is 54.9 cm³/mol. The largest absolute Gasteiger partial charge is 1.00 e. The Hall–Kier alpha value is 0.300. The van der Waals surface area contributed by atoms with E-state index in [1.54, 1.807) is 0 Å². The summed E-state index contributed by atoms with van der Waals surface area (Å²) in [6.45, 7) is 2.72. The minimum atomic E-state index is -1.04. The number of nitrogens with two attached hydrogens (primary N) is 1. The van der Waals surface area contributed by atoms with Crippen LogP contribution in [0.3, 0.4) is 0 Å². The molecule has 15 heavy (non-hydrogen) atoms. The van der Waals surface area contributed by atoms with Crippen LogP contribution in [-0.2, 0) is 25.3 Å². The Morgan fingerprint density at radius 3 is 1.40 bits per heavy atom. The average Bonchev–Trinajstić information content (AvgIpc) is 1.80. The summed E-state index contributed by atoms with van der Waals surface area (Å²) in [5, 5.41) is 16.2. The van der Waals surface area contributed by atoms with Crippen molar-refractivity contribution in [2.45, 2.75) is 26.3 Å². The van der Waals surface area contributed by atoms with Crippen LogP contribution < -0.4 is 35.3 Å². The van der Waals surface area contributed by atoms with Crippen LogP contribution in [-0.4, -0.2) is 38.0 Å². The van der Waals surface area contributed by atoms with Crippen LogP contribution in [0.5, 0.6) is 0 Å². The maximum absolute atomic E-state index is 10.4. The van der Waals surface area contributed by atoms with Gasteiger partial charge in [-0.25, -0.2) is 0 Å².